The van der Waals surface area contributed by atoms with Crippen molar-refractivity contribution in [2.24, 2.45) is 5.92 Å². The molecular weight excluding hydrogens is 184 g/mol. The highest BCUT2D eigenvalue weighted by molar-refractivity contribution is 5.26. The first-order chi connectivity index (χ1) is 7.16. The molecule has 0 aliphatic carbocycles. The lowest BCUT2D eigenvalue weighted by Crippen LogP contribution is -2.01. The number of ether oxygens (including phenoxy) is 1. The molecular formula is C14H20O. The third-order valence-corrected chi connectivity index (χ3v) is 3.07. The highest BCUT2D eigenvalue weighted by atomic mass is 16.6. The standard InChI is InChI=1S/C14H20O/c1-10(2)8-12-4-6-13(7-5-12)11(3)14-9-15-14/h4-7,10-11,14H,8-9H2,1-3H3. The molecule has 1 nitrogen and oxygen atoms in total. The molecule has 0 spiro atoms. The summed E-state index contributed by atoms with van der Waals surface area (Å²) in [7, 11) is 0. The maximum absolute atomic E-state index is 5.32. The van der Waals surface area contributed by atoms with Gasteiger partial charge in [-0.05, 0) is 23.5 Å². The predicted octanol–water partition coefficient (Wildman–Crippen LogP) is 3.39. The van der Waals surface area contributed by atoms with Crippen LogP contribution in [0.1, 0.15) is 37.8 Å². The molecule has 2 atom stereocenters. The maximum atomic E-state index is 5.32. The van der Waals surface area contributed by atoms with Gasteiger partial charge in [-0.1, -0.05) is 45.0 Å². The van der Waals surface area contributed by atoms with Crippen molar-refractivity contribution in [1.82, 2.24) is 0 Å². The van der Waals surface area contributed by atoms with Gasteiger partial charge in [0.15, 0.2) is 0 Å². The number of hydrogen-bond acceptors (Lipinski definition) is 1. The maximum Gasteiger partial charge on any atom is 0.0875 e. The average Bonchev–Trinajstić information content (AvgIpc) is 3.00. The molecule has 1 aromatic carbocycles. The Labute approximate surface area is 92.5 Å². The molecule has 2 unspecified atom stereocenters. The topological polar surface area (TPSA) is 12.5 Å². The van der Waals surface area contributed by atoms with Gasteiger partial charge in [0.05, 0.1) is 12.7 Å². The molecule has 1 aliphatic rings. The quantitative estimate of drug-likeness (QED) is 0.685. The van der Waals surface area contributed by atoms with Gasteiger partial charge >= 0.3 is 0 Å². The SMILES string of the molecule is CC(C)Cc1ccc(C(C)C2CO2)cc1. The summed E-state index contributed by atoms with van der Waals surface area (Å²) in [5.74, 6) is 1.29. The first-order valence-corrected chi connectivity index (χ1v) is 5.87. The van der Waals surface area contributed by atoms with Gasteiger partial charge in [-0.2, -0.15) is 0 Å². The largest absolute Gasteiger partial charge is 0.372 e. The summed E-state index contributed by atoms with van der Waals surface area (Å²) in [6.07, 6.45) is 1.65. The van der Waals surface area contributed by atoms with Crippen LogP contribution in [0, 0.1) is 5.92 Å². The van der Waals surface area contributed by atoms with E-state index in [0.29, 0.717) is 12.0 Å². The fourth-order valence-corrected chi connectivity index (χ4v) is 1.99. The lowest BCUT2D eigenvalue weighted by Gasteiger charge is -2.10. The third-order valence-electron chi connectivity index (χ3n) is 3.07. The zero-order valence-corrected chi connectivity index (χ0v) is 9.86. The van der Waals surface area contributed by atoms with Gasteiger partial charge in [0, 0.05) is 5.92 Å². The van der Waals surface area contributed by atoms with E-state index in [1.54, 1.807) is 0 Å². The van der Waals surface area contributed by atoms with Crippen LogP contribution in [0.15, 0.2) is 24.3 Å². The summed E-state index contributed by atoms with van der Waals surface area (Å²) >= 11 is 0. The smallest absolute Gasteiger partial charge is 0.0875 e. The van der Waals surface area contributed by atoms with Crippen molar-refractivity contribution in [3.05, 3.63) is 35.4 Å². The first-order valence-electron chi connectivity index (χ1n) is 5.87. The van der Waals surface area contributed by atoms with Crippen molar-refractivity contribution in [3.63, 3.8) is 0 Å². The van der Waals surface area contributed by atoms with Crippen LogP contribution in [0.25, 0.3) is 0 Å². The van der Waals surface area contributed by atoms with Crippen LogP contribution in [0.5, 0.6) is 0 Å². The predicted molar refractivity (Wildman–Crippen MR) is 63.1 cm³/mol. The Morgan fingerprint density at radius 1 is 1.20 bits per heavy atom. The van der Waals surface area contributed by atoms with Crippen LogP contribution in [-0.2, 0) is 11.2 Å². The lowest BCUT2D eigenvalue weighted by molar-refractivity contribution is 0.382. The van der Waals surface area contributed by atoms with E-state index in [2.05, 4.69) is 45.0 Å². The summed E-state index contributed by atoms with van der Waals surface area (Å²) in [6, 6.07) is 9.02. The molecule has 2 rings (SSSR count). The summed E-state index contributed by atoms with van der Waals surface area (Å²) in [6.45, 7) is 7.70. The van der Waals surface area contributed by atoms with E-state index in [4.69, 9.17) is 4.74 Å². The molecule has 1 heterocycles. The first kappa shape index (κ1) is 10.7. The molecule has 1 heteroatoms. The average molecular weight is 204 g/mol. The van der Waals surface area contributed by atoms with E-state index < -0.39 is 0 Å². The lowest BCUT2D eigenvalue weighted by atomic mass is 9.95. The van der Waals surface area contributed by atoms with Crippen LogP contribution >= 0.6 is 0 Å². The van der Waals surface area contributed by atoms with Crippen LogP contribution < -0.4 is 0 Å². The minimum atomic E-state index is 0.473. The van der Waals surface area contributed by atoms with Gasteiger partial charge < -0.3 is 4.74 Å². The number of epoxide rings is 1. The minimum Gasteiger partial charge on any atom is -0.372 e. The molecule has 1 saturated heterocycles. The Bertz CT molecular complexity index is 309. The minimum absolute atomic E-state index is 0.473. The summed E-state index contributed by atoms with van der Waals surface area (Å²) in [4.78, 5) is 0. The van der Waals surface area contributed by atoms with Gasteiger partial charge in [0.2, 0.25) is 0 Å². The van der Waals surface area contributed by atoms with E-state index in [-0.39, 0.29) is 0 Å². The third kappa shape index (κ3) is 2.82. The summed E-state index contributed by atoms with van der Waals surface area (Å²) in [5.41, 5.74) is 2.85. The number of benzene rings is 1. The van der Waals surface area contributed by atoms with Gasteiger partial charge in [0.25, 0.3) is 0 Å². The molecule has 0 N–H and O–H groups in total. The number of hydrogen-bond donors (Lipinski definition) is 0. The zero-order valence-electron chi connectivity index (χ0n) is 9.86. The van der Waals surface area contributed by atoms with E-state index >= 15 is 0 Å². The van der Waals surface area contributed by atoms with Gasteiger partial charge in [-0.25, -0.2) is 0 Å². The van der Waals surface area contributed by atoms with Crippen molar-refractivity contribution < 1.29 is 4.74 Å². The summed E-state index contributed by atoms with van der Waals surface area (Å²) < 4.78 is 5.32. The Morgan fingerprint density at radius 3 is 2.27 bits per heavy atom. The second kappa shape index (κ2) is 4.36. The molecule has 0 bridgehead atoms. The Morgan fingerprint density at radius 2 is 1.80 bits per heavy atom. The van der Waals surface area contributed by atoms with E-state index in [1.807, 2.05) is 0 Å². The molecule has 1 fully saturated rings. The van der Waals surface area contributed by atoms with Gasteiger partial charge in [-0.15, -0.1) is 0 Å². The molecule has 15 heavy (non-hydrogen) atoms. The Balaban J connectivity index is 2.02. The Hall–Kier alpha value is -0.820. The Kier molecular flexibility index (Phi) is 3.11. The van der Waals surface area contributed by atoms with E-state index in [9.17, 15) is 0 Å². The van der Waals surface area contributed by atoms with Gasteiger partial charge in [-0.3, -0.25) is 0 Å². The molecule has 0 radical (unpaired) electrons. The molecule has 0 saturated carbocycles. The second-order valence-corrected chi connectivity index (χ2v) is 5.00. The van der Waals surface area contributed by atoms with Crippen molar-refractivity contribution in [2.45, 2.75) is 39.2 Å². The summed E-state index contributed by atoms with van der Waals surface area (Å²) in [5, 5.41) is 0. The van der Waals surface area contributed by atoms with Gasteiger partial charge in [0.1, 0.15) is 0 Å². The van der Waals surface area contributed by atoms with Crippen LogP contribution in [-0.4, -0.2) is 12.7 Å². The van der Waals surface area contributed by atoms with Crippen molar-refractivity contribution in [2.75, 3.05) is 6.61 Å². The monoisotopic (exact) mass is 204 g/mol. The van der Waals surface area contributed by atoms with E-state index in [0.717, 1.165) is 12.5 Å². The molecule has 1 aromatic rings. The highest BCUT2D eigenvalue weighted by Crippen LogP contribution is 2.29. The van der Waals surface area contributed by atoms with Crippen molar-refractivity contribution >= 4 is 0 Å². The normalized spacial score (nSPS) is 21.7. The fourth-order valence-electron chi connectivity index (χ4n) is 1.99. The van der Waals surface area contributed by atoms with Crippen LogP contribution in [0.2, 0.25) is 0 Å². The fraction of sp³-hybridized carbons (Fsp3) is 0.571. The second-order valence-electron chi connectivity index (χ2n) is 5.00. The molecule has 82 valence electrons. The van der Waals surface area contributed by atoms with E-state index in [1.165, 1.54) is 17.5 Å². The van der Waals surface area contributed by atoms with Crippen molar-refractivity contribution in [3.8, 4) is 0 Å². The number of rotatable bonds is 4. The van der Waals surface area contributed by atoms with Crippen LogP contribution in [0.3, 0.4) is 0 Å². The van der Waals surface area contributed by atoms with Crippen LogP contribution in [0.4, 0.5) is 0 Å². The zero-order chi connectivity index (χ0) is 10.8. The molecule has 0 amide bonds. The van der Waals surface area contributed by atoms with Crippen molar-refractivity contribution in [1.29, 1.82) is 0 Å². The highest BCUT2D eigenvalue weighted by Gasteiger charge is 2.30. The molecule has 0 aromatic heterocycles. The molecule has 1 aliphatic heterocycles.